The number of carbonyl (C=O) groups excluding carboxylic acids is 2. The van der Waals surface area contributed by atoms with Gasteiger partial charge in [0.15, 0.2) is 11.6 Å². The van der Waals surface area contributed by atoms with Crippen LogP contribution in [0, 0.1) is 5.92 Å². The topological polar surface area (TPSA) is 72.0 Å². The molecule has 1 aromatic heterocycles. The fourth-order valence-electron chi connectivity index (χ4n) is 1.90. The van der Waals surface area contributed by atoms with E-state index in [0.717, 1.165) is 17.3 Å². The van der Waals surface area contributed by atoms with E-state index in [-0.39, 0.29) is 17.6 Å². The van der Waals surface area contributed by atoms with E-state index >= 15 is 0 Å². The predicted molar refractivity (Wildman–Crippen MR) is 92.6 cm³/mol. The number of anilines is 1. The number of rotatable bonds is 6. The lowest BCUT2D eigenvalue weighted by atomic mass is 10.2. The van der Waals surface area contributed by atoms with Gasteiger partial charge in [0.25, 0.3) is 0 Å². The average molecular weight is 392 g/mol. The summed E-state index contributed by atoms with van der Waals surface area (Å²) in [5, 5.41) is 11.4. The number of amides is 1. The number of hydrogen-bond donors (Lipinski definition) is 1. The second-order valence-corrected chi connectivity index (χ2v) is 7.15. The lowest BCUT2D eigenvalue weighted by molar-refractivity contribution is -0.117. The Hall–Kier alpha value is -1.73. The molecule has 0 atom stereocenters. The minimum absolute atomic E-state index is 0.00474. The molecule has 1 N–H and O–H groups in total. The van der Waals surface area contributed by atoms with E-state index in [1.54, 1.807) is 24.3 Å². The van der Waals surface area contributed by atoms with Gasteiger partial charge < -0.3 is 5.32 Å². The van der Waals surface area contributed by atoms with Gasteiger partial charge in [-0.05, 0) is 37.1 Å². The molecule has 0 saturated heterocycles. The molecule has 1 fully saturated rings. The lowest BCUT2D eigenvalue weighted by Gasteiger charge is -2.04. The van der Waals surface area contributed by atoms with Crippen molar-refractivity contribution >= 4 is 45.2 Å². The average Bonchev–Trinajstić information content (AvgIpc) is 3.39. The first-order valence-electron chi connectivity index (χ1n) is 7.18. The molecule has 1 aliphatic carbocycles. The van der Waals surface area contributed by atoms with Crippen molar-refractivity contribution < 1.29 is 9.59 Å². The summed E-state index contributed by atoms with van der Waals surface area (Å²) in [6.07, 6.45) is 1.90. The van der Waals surface area contributed by atoms with Crippen LogP contribution in [0.15, 0.2) is 45.9 Å². The molecule has 23 heavy (non-hydrogen) atoms. The van der Waals surface area contributed by atoms with Crippen LogP contribution in [0.3, 0.4) is 0 Å². The summed E-state index contributed by atoms with van der Waals surface area (Å²) in [6.45, 7) is 0. The van der Waals surface area contributed by atoms with Crippen LogP contribution in [0.25, 0.3) is 0 Å². The summed E-state index contributed by atoms with van der Waals surface area (Å²) in [4.78, 5) is 23.7. The van der Waals surface area contributed by atoms with Crippen LogP contribution in [0.2, 0.25) is 0 Å². The van der Waals surface area contributed by atoms with Crippen molar-refractivity contribution in [2.45, 2.75) is 17.9 Å². The minimum Gasteiger partial charge on any atom is -0.309 e. The number of halogens is 1. The number of ketones is 1. The standard InChI is InChI=1S/C16H14BrN3O2S/c17-12-5-3-10(4-6-12)13(21)9-23-15-8-7-14(19-20-15)18-16(22)11-1-2-11/h3-8,11H,1-2,9H2,(H,18,19,22). The first kappa shape index (κ1) is 16.1. The minimum atomic E-state index is 0.00474. The highest BCUT2D eigenvalue weighted by Gasteiger charge is 2.29. The van der Waals surface area contributed by atoms with Gasteiger partial charge in [0.2, 0.25) is 5.91 Å². The summed E-state index contributed by atoms with van der Waals surface area (Å²) in [5.41, 5.74) is 0.668. The van der Waals surface area contributed by atoms with Crippen LogP contribution < -0.4 is 5.32 Å². The zero-order valence-corrected chi connectivity index (χ0v) is 14.6. The number of hydrogen-bond acceptors (Lipinski definition) is 5. The Labute approximate surface area is 146 Å². The summed E-state index contributed by atoms with van der Waals surface area (Å²) < 4.78 is 0.941. The van der Waals surface area contributed by atoms with E-state index in [1.807, 2.05) is 12.1 Å². The van der Waals surface area contributed by atoms with Gasteiger partial charge in [-0.3, -0.25) is 9.59 Å². The van der Waals surface area contributed by atoms with Gasteiger partial charge in [0, 0.05) is 16.0 Å². The van der Waals surface area contributed by atoms with E-state index in [0.29, 0.717) is 22.2 Å². The number of carbonyl (C=O) groups is 2. The largest absolute Gasteiger partial charge is 0.309 e. The Morgan fingerprint density at radius 1 is 1.13 bits per heavy atom. The highest BCUT2D eigenvalue weighted by Crippen LogP contribution is 2.30. The van der Waals surface area contributed by atoms with E-state index in [1.165, 1.54) is 11.8 Å². The number of benzene rings is 1. The number of thioether (sulfide) groups is 1. The fourth-order valence-corrected chi connectivity index (χ4v) is 2.87. The Bertz CT molecular complexity index is 715. The normalized spacial score (nSPS) is 13.6. The Morgan fingerprint density at radius 2 is 1.87 bits per heavy atom. The summed E-state index contributed by atoms with van der Waals surface area (Å²) in [7, 11) is 0. The molecule has 0 aliphatic heterocycles. The Balaban J connectivity index is 1.52. The van der Waals surface area contributed by atoms with Crippen molar-refractivity contribution in [3.63, 3.8) is 0 Å². The number of aromatic nitrogens is 2. The second-order valence-electron chi connectivity index (χ2n) is 5.24. The number of nitrogens with one attached hydrogen (secondary N) is 1. The molecule has 3 rings (SSSR count). The molecule has 0 bridgehead atoms. The lowest BCUT2D eigenvalue weighted by Crippen LogP contribution is -2.14. The number of nitrogens with zero attached hydrogens (tertiary/aromatic N) is 2. The second kappa shape index (κ2) is 7.23. The Kier molecular flexibility index (Phi) is 5.07. The molecule has 118 valence electrons. The molecular formula is C16H14BrN3O2S. The third-order valence-corrected chi connectivity index (χ3v) is 4.81. The van der Waals surface area contributed by atoms with E-state index in [9.17, 15) is 9.59 Å². The predicted octanol–water partition coefficient (Wildman–Crippen LogP) is 3.56. The molecule has 1 aliphatic rings. The van der Waals surface area contributed by atoms with E-state index < -0.39 is 0 Å². The molecule has 0 spiro atoms. The van der Waals surface area contributed by atoms with Crippen molar-refractivity contribution in [2.24, 2.45) is 5.92 Å². The third kappa shape index (κ3) is 4.62. The van der Waals surface area contributed by atoms with Crippen LogP contribution in [0.1, 0.15) is 23.2 Å². The van der Waals surface area contributed by atoms with Gasteiger partial charge in [0.05, 0.1) is 5.75 Å². The van der Waals surface area contributed by atoms with Crippen LogP contribution in [-0.2, 0) is 4.79 Å². The third-order valence-electron chi connectivity index (χ3n) is 3.36. The van der Waals surface area contributed by atoms with Crippen molar-refractivity contribution in [1.29, 1.82) is 0 Å². The maximum atomic E-state index is 12.1. The number of Topliss-reactive ketones (excluding diaryl/α,β-unsaturated/α-hetero) is 1. The molecule has 1 saturated carbocycles. The SMILES string of the molecule is O=C(CSc1ccc(NC(=O)C2CC2)nn1)c1ccc(Br)cc1. The van der Waals surface area contributed by atoms with E-state index in [2.05, 4.69) is 31.4 Å². The van der Waals surface area contributed by atoms with E-state index in [4.69, 9.17) is 0 Å². The zero-order chi connectivity index (χ0) is 16.2. The highest BCUT2D eigenvalue weighted by molar-refractivity contribution is 9.10. The first-order valence-corrected chi connectivity index (χ1v) is 8.96. The van der Waals surface area contributed by atoms with Gasteiger partial charge in [-0.1, -0.05) is 39.8 Å². The van der Waals surface area contributed by atoms with Crippen LogP contribution in [0.5, 0.6) is 0 Å². The Morgan fingerprint density at radius 3 is 2.48 bits per heavy atom. The molecule has 7 heteroatoms. The van der Waals surface area contributed by atoms with Gasteiger partial charge in [-0.25, -0.2) is 0 Å². The molecule has 5 nitrogen and oxygen atoms in total. The molecule has 2 aromatic rings. The van der Waals surface area contributed by atoms with Crippen molar-refractivity contribution in [1.82, 2.24) is 10.2 Å². The van der Waals surface area contributed by atoms with Crippen LogP contribution >= 0.6 is 27.7 Å². The molecule has 1 aromatic carbocycles. The maximum Gasteiger partial charge on any atom is 0.228 e. The van der Waals surface area contributed by atoms with Crippen LogP contribution in [0.4, 0.5) is 5.82 Å². The smallest absolute Gasteiger partial charge is 0.228 e. The van der Waals surface area contributed by atoms with Crippen LogP contribution in [-0.4, -0.2) is 27.6 Å². The molecule has 1 amide bonds. The summed E-state index contributed by atoms with van der Waals surface area (Å²) in [5.74, 6) is 0.921. The summed E-state index contributed by atoms with van der Waals surface area (Å²) >= 11 is 4.67. The first-order chi connectivity index (χ1) is 11.1. The quantitative estimate of drug-likeness (QED) is 0.601. The monoisotopic (exact) mass is 391 g/mol. The zero-order valence-electron chi connectivity index (χ0n) is 12.2. The van der Waals surface area contributed by atoms with Gasteiger partial charge >= 0.3 is 0 Å². The van der Waals surface area contributed by atoms with Gasteiger partial charge in [-0.15, -0.1) is 10.2 Å². The molecule has 0 unspecified atom stereocenters. The van der Waals surface area contributed by atoms with Crippen molar-refractivity contribution in [2.75, 3.05) is 11.1 Å². The fraction of sp³-hybridized carbons (Fsp3) is 0.250. The van der Waals surface area contributed by atoms with Crippen molar-refractivity contribution in [3.8, 4) is 0 Å². The molecule has 1 heterocycles. The molecule has 0 radical (unpaired) electrons. The summed E-state index contributed by atoms with van der Waals surface area (Å²) in [6, 6.07) is 10.7. The van der Waals surface area contributed by atoms with Crippen molar-refractivity contribution in [3.05, 3.63) is 46.4 Å². The molecular weight excluding hydrogens is 378 g/mol. The maximum absolute atomic E-state index is 12.1. The van der Waals surface area contributed by atoms with Gasteiger partial charge in [-0.2, -0.15) is 0 Å². The van der Waals surface area contributed by atoms with Gasteiger partial charge in [0.1, 0.15) is 5.03 Å². The highest BCUT2D eigenvalue weighted by atomic mass is 79.9.